The highest BCUT2D eigenvalue weighted by molar-refractivity contribution is 5.92. The van der Waals surface area contributed by atoms with Gasteiger partial charge in [0, 0.05) is 0 Å². The fourth-order valence-corrected chi connectivity index (χ4v) is 1.99. The lowest BCUT2D eigenvalue weighted by Crippen LogP contribution is -2.33. The van der Waals surface area contributed by atoms with Gasteiger partial charge in [-0.25, -0.2) is 9.59 Å². The highest BCUT2D eigenvalue weighted by Crippen LogP contribution is 2.28. The summed E-state index contributed by atoms with van der Waals surface area (Å²) in [5.74, 6) is -2.30. The molecule has 0 aliphatic carbocycles. The summed E-state index contributed by atoms with van der Waals surface area (Å²) >= 11 is 0. The van der Waals surface area contributed by atoms with Crippen molar-refractivity contribution in [3.63, 3.8) is 0 Å². The van der Waals surface area contributed by atoms with Gasteiger partial charge in [0.2, 0.25) is 0 Å². The first-order chi connectivity index (χ1) is 10.8. The molecular formula is C16H19F3O4. The molecule has 23 heavy (non-hydrogen) atoms. The number of rotatable bonds is 8. The zero-order valence-electron chi connectivity index (χ0n) is 12.7. The van der Waals surface area contributed by atoms with Gasteiger partial charge in [-0.1, -0.05) is 26.2 Å². The Kier molecular flexibility index (Phi) is 7.06. The number of carboxylic acid groups (broad SMARTS) is 1. The summed E-state index contributed by atoms with van der Waals surface area (Å²) in [4.78, 5) is 22.5. The van der Waals surface area contributed by atoms with E-state index in [0.29, 0.717) is 12.8 Å². The van der Waals surface area contributed by atoms with E-state index >= 15 is 0 Å². The summed E-state index contributed by atoms with van der Waals surface area (Å²) in [5.41, 5.74) is -0.175. The summed E-state index contributed by atoms with van der Waals surface area (Å²) in [6, 6.07) is 4.55. The molecule has 128 valence electrons. The average Bonchev–Trinajstić information content (AvgIpc) is 2.49. The summed E-state index contributed by atoms with van der Waals surface area (Å²) < 4.78 is 43.3. The molecule has 0 fully saturated rings. The fourth-order valence-electron chi connectivity index (χ4n) is 1.99. The Morgan fingerprint density at radius 3 is 2.13 bits per heavy atom. The number of benzene rings is 1. The van der Waals surface area contributed by atoms with Crippen LogP contribution in [0.25, 0.3) is 0 Å². The maximum atomic E-state index is 12.9. The highest BCUT2D eigenvalue weighted by Gasteiger charge is 2.42. The van der Waals surface area contributed by atoms with E-state index in [-0.39, 0.29) is 17.5 Å². The van der Waals surface area contributed by atoms with E-state index in [9.17, 15) is 22.8 Å². The quantitative estimate of drug-likeness (QED) is 0.564. The van der Waals surface area contributed by atoms with Gasteiger partial charge in [0.15, 0.2) is 6.10 Å². The number of unbranched alkanes of at least 4 members (excludes halogenated alkanes) is 3. The van der Waals surface area contributed by atoms with Crippen molar-refractivity contribution in [2.45, 2.75) is 51.3 Å². The zero-order valence-corrected chi connectivity index (χ0v) is 12.7. The minimum Gasteiger partial charge on any atom is -0.478 e. The van der Waals surface area contributed by atoms with Crippen LogP contribution in [0, 0.1) is 0 Å². The van der Waals surface area contributed by atoms with Crippen molar-refractivity contribution in [2.75, 3.05) is 0 Å². The molecule has 0 amide bonds. The predicted octanol–water partition coefficient (Wildman–Crippen LogP) is 4.44. The van der Waals surface area contributed by atoms with Crippen molar-refractivity contribution in [1.82, 2.24) is 0 Å². The minimum atomic E-state index is -4.62. The molecule has 0 aliphatic rings. The van der Waals surface area contributed by atoms with Crippen LogP contribution in [0.2, 0.25) is 0 Å². The number of carbonyl (C=O) groups is 2. The first-order valence-electron chi connectivity index (χ1n) is 7.36. The lowest BCUT2D eigenvalue weighted by atomic mass is 10.1. The molecule has 1 rings (SSSR count). The highest BCUT2D eigenvalue weighted by atomic mass is 19.4. The standard InChI is InChI=1S/C16H19F3O4/c1-2-3-4-5-6-13(16(17,18)19)23-15(22)12-9-7-11(8-10-12)14(20)21/h7-10,13H,2-6H2,1H3,(H,20,21)/t13-/m1/s1. The van der Waals surface area contributed by atoms with Crippen LogP contribution in [0.5, 0.6) is 0 Å². The number of aromatic carboxylic acids is 1. The maximum absolute atomic E-state index is 12.9. The van der Waals surface area contributed by atoms with E-state index in [4.69, 9.17) is 5.11 Å². The lowest BCUT2D eigenvalue weighted by Gasteiger charge is -2.20. The largest absolute Gasteiger partial charge is 0.478 e. The van der Waals surface area contributed by atoms with Gasteiger partial charge in [0.1, 0.15) is 0 Å². The molecule has 0 aliphatic heterocycles. The van der Waals surface area contributed by atoms with E-state index in [2.05, 4.69) is 4.74 Å². The Morgan fingerprint density at radius 1 is 1.09 bits per heavy atom. The molecule has 1 atom stereocenters. The van der Waals surface area contributed by atoms with Crippen LogP contribution in [-0.4, -0.2) is 29.3 Å². The van der Waals surface area contributed by atoms with Crippen molar-refractivity contribution in [2.24, 2.45) is 0 Å². The SMILES string of the molecule is CCCCCC[C@@H](OC(=O)c1ccc(C(=O)O)cc1)C(F)(F)F. The molecule has 7 heteroatoms. The molecule has 0 heterocycles. The van der Waals surface area contributed by atoms with Crippen LogP contribution in [0.3, 0.4) is 0 Å². The second-order valence-corrected chi connectivity index (χ2v) is 5.17. The molecule has 4 nitrogen and oxygen atoms in total. The second kappa shape index (κ2) is 8.55. The summed E-state index contributed by atoms with van der Waals surface area (Å²) in [7, 11) is 0. The first-order valence-corrected chi connectivity index (χ1v) is 7.36. The smallest absolute Gasteiger partial charge is 0.425 e. The third-order valence-electron chi connectivity index (χ3n) is 3.30. The molecule has 0 aromatic heterocycles. The van der Waals surface area contributed by atoms with Crippen molar-refractivity contribution < 1.29 is 32.6 Å². The van der Waals surface area contributed by atoms with Gasteiger partial charge < -0.3 is 9.84 Å². The van der Waals surface area contributed by atoms with Crippen molar-refractivity contribution in [3.8, 4) is 0 Å². The monoisotopic (exact) mass is 332 g/mol. The van der Waals surface area contributed by atoms with Crippen LogP contribution < -0.4 is 0 Å². The molecule has 1 aromatic carbocycles. The molecule has 0 saturated heterocycles. The number of ether oxygens (including phenoxy) is 1. The van der Waals surface area contributed by atoms with E-state index in [1.54, 1.807) is 0 Å². The molecule has 0 unspecified atom stereocenters. The van der Waals surface area contributed by atoms with Gasteiger partial charge in [-0.3, -0.25) is 0 Å². The minimum absolute atomic E-state index is 0.0616. The van der Waals surface area contributed by atoms with Gasteiger partial charge in [-0.15, -0.1) is 0 Å². The Hall–Kier alpha value is -2.05. The molecule has 0 spiro atoms. The third kappa shape index (κ3) is 6.30. The number of hydrogen-bond acceptors (Lipinski definition) is 3. The van der Waals surface area contributed by atoms with Gasteiger partial charge in [0.25, 0.3) is 0 Å². The summed E-state index contributed by atoms with van der Waals surface area (Å²) in [6.07, 6.45) is -4.35. The number of alkyl halides is 3. The second-order valence-electron chi connectivity index (χ2n) is 5.17. The van der Waals surface area contributed by atoms with Gasteiger partial charge in [-0.05, 0) is 37.1 Å². The Balaban J connectivity index is 2.70. The zero-order chi connectivity index (χ0) is 17.5. The molecule has 0 saturated carbocycles. The number of hydrogen-bond donors (Lipinski definition) is 1. The van der Waals surface area contributed by atoms with Crippen LogP contribution in [-0.2, 0) is 4.74 Å². The molecule has 0 bridgehead atoms. The Labute approximate surface area is 132 Å². The van der Waals surface area contributed by atoms with Gasteiger partial charge in [-0.2, -0.15) is 13.2 Å². The normalized spacial score (nSPS) is 12.7. The Morgan fingerprint density at radius 2 is 1.65 bits per heavy atom. The average molecular weight is 332 g/mol. The summed E-state index contributed by atoms with van der Waals surface area (Å²) in [5, 5.41) is 8.74. The van der Waals surface area contributed by atoms with Crippen molar-refractivity contribution in [3.05, 3.63) is 35.4 Å². The topological polar surface area (TPSA) is 63.6 Å². The Bertz CT molecular complexity index is 523. The fraction of sp³-hybridized carbons (Fsp3) is 0.500. The van der Waals surface area contributed by atoms with Gasteiger partial charge in [0.05, 0.1) is 11.1 Å². The maximum Gasteiger partial charge on any atom is 0.425 e. The van der Waals surface area contributed by atoms with E-state index in [1.807, 2.05) is 6.92 Å². The van der Waals surface area contributed by atoms with Crippen molar-refractivity contribution >= 4 is 11.9 Å². The number of halogens is 3. The third-order valence-corrected chi connectivity index (χ3v) is 3.30. The van der Waals surface area contributed by atoms with E-state index < -0.39 is 24.2 Å². The first kappa shape index (κ1) is 19.0. The lowest BCUT2D eigenvalue weighted by molar-refractivity contribution is -0.206. The van der Waals surface area contributed by atoms with E-state index in [1.165, 1.54) is 0 Å². The van der Waals surface area contributed by atoms with Crippen molar-refractivity contribution in [1.29, 1.82) is 0 Å². The molecular weight excluding hydrogens is 313 g/mol. The number of esters is 1. The number of carbonyl (C=O) groups excluding carboxylic acids is 1. The predicted molar refractivity (Wildman–Crippen MR) is 77.4 cm³/mol. The van der Waals surface area contributed by atoms with Crippen LogP contribution in [0.15, 0.2) is 24.3 Å². The van der Waals surface area contributed by atoms with Crippen LogP contribution in [0.1, 0.15) is 59.7 Å². The van der Waals surface area contributed by atoms with Gasteiger partial charge >= 0.3 is 18.1 Å². The molecule has 1 N–H and O–H groups in total. The molecule has 0 radical (unpaired) electrons. The number of carboxylic acids is 1. The van der Waals surface area contributed by atoms with Crippen LogP contribution in [0.4, 0.5) is 13.2 Å². The van der Waals surface area contributed by atoms with Crippen LogP contribution >= 0.6 is 0 Å². The molecule has 1 aromatic rings. The van der Waals surface area contributed by atoms with E-state index in [0.717, 1.165) is 37.1 Å². The summed E-state index contributed by atoms with van der Waals surface area (Å²) in [6.45, 7) is 1.95.